The van der Waals surface area contributed by atoms with Crippen molar-refractivity contribution in [2.24, 2.45) is 7.05 Å². The molecule has 1 aromatic carbocycles. The molecule has 0 spiro atoms. The standard InChI is InChI=1S/C17H14ClN3O2S/c1-10(22)11-3-5-12(6-4-11)19-17(23)13-9-14(21(2)20-13)15-7-8-16(18)24-15/h3-9H,1-2H3,(H,19,23). The van der Waals surface area contributed by atoms with E-state index in [1.165, 1.54) is 18.3 Å². The van der Waals surface area contributed by atoms with Gasteiger partial charge in [0.05, 0.1) is 14.9 Å². The number of halogens is 1. The lowest BCUT2D eigenvalue weighted by atomic mass is 10.1. The highest BCUT2D eigenvalue weighted by molar-refractivity contribution is 7.19. The number of aromatic nitrogens is 2. The number of carbonyl (C=O) groups is 2. The number of nitrogens with one attached hydrogen (secondary N) is 1. The molecule has 0 atom stereocenters. The molecule has 2 aromatic heterocycles. The third-order valence-electron chi connectivity index (χ3n) is 3.49. The first-order valence-corrected chi connectivity index (χ1v) is 8.35. The van der Waals surface area contributed by atoms with Gasteiger partial charge < -0.3 is 5.32 Å². The minimum atomic E-state index is -0.310. The average Bonchev–Trinajstić information content (AvgIpc) is 3.13. The van der Waals surface area contributed by atoms with E-state index in [4.69, 9.17) is 11.6 Å². The number of Topliss-reactive ketones (excluding diaryl/α,β-unsaturated/α-hetero) is 1. The maximum atomic E-state index is 12.4. The van der Waals surface area contributed by atoms with E-state index in [0.717, 1.165) is 10.6 Å². The van der Waals surface area contributed by atoms with Crippen LogP contribution in [-0.4, -0.2) is 21.5 Å². The van der Waals surface area contributed by atoms with Crippen molar-refractivity contribution in [1.29, 1.82) is 0 Å². The summed E-state index contributed by atoms with van der Waals surface area (Å²) in [4.78, 5) is 24.6. The van der Waals surface area contributed by atoms with E-state index in [9.17, 15) is 9.59 Å². The van der Waals surface area contributed by atoms with Gasteiger partial charge in [-0.15, -0.1) is 11.3 Å². The molecule has 2 heterocycles. The second-order valence-electron chi connectivity index (χ2n) is 5.23. The lowest BCUT2D eigenvalue weighted by molar-refractivity contribution is 0.101. The van der Waals surface area contributed by atoms with Crippen molar-refractivity contribution in [2.75, 3.05) is 5.32 Å². The molecule has 7 heteroatoms. The zero-order valence-corrected chi connectivity index (χ0v) is 14.6. The summed E-state index contributed by atoms with van der Waals surface area (Å²) in [5.41, 5.74) is 2.34. The highest BCUT2D eigenvalue weighted by Gasteiger charge is 2.15. The molecule has 1 N–H and O–H groups in total. The fourth-order valence-electron chi connectivity index (χ4n) is 2.24. The van der Waals surface area contributed by atoms with E-state index < -0.39 is 0 Å². The van der Waals surface area contributed by atoms with Gasteiger partial charge in [0, 0.05) is 18.3 Å². The van der Waals surface area contributed by atoms with Crippen molar-refractivity contribution >= 4 is 40.3 Å². The lowest BCUT2D eigenvalue weighted by Gasteiger charge is -2.03. The normalized spacial score (nSPS) is 10.6. The lowest BCUT2D eigenvalue weighted by Crippen LogP contribution is -2.13. The maximum Gasteiger partial charge on any atom is 0.276 e. The third kappa shape index (κ3) is 3.39. The first-order valence-electron chi connectivity index (χ1n) is 7.16. The molecule has 0 fully saturated rings. The van der Waals surface area contributed by atoms with E-state index in [-0.39, 0.29) is 11.7 Å². The van der Waals surface area contributed by atoms with E-state index >= 15 is 0 Å². The van der Waals surface area contributed by atoms with Crippen LogP contribution in [0.3, 0.4) is 0 Å². The summed E-state index contributed by atoms with van der Waals surface area (Å²) >= 11 is 7.39. The molecule has 0 aliphatic heterocycles. The Bertz CT molecular complexity index is 912. The zero-order chi connectivity index (χ0) is 17.3. The van der Waals surface area contributed by atoms with Crippen molar-refractivity contribution in [3.05, 3.63) is 58.1 Å². The molecule has 0 unspecified atom stereocenters. The number of amides is 1. The Labute approximate surface area is 147 Å². The number of ketones is 1. The summed E-state index contributed by atoms with van der Waals surface area (Å²) in [6.07, 6.45) is 0. The van der Waals surface area contributed by atoms with E-state index in [1.807, 2.05) is 12.1 Å². The van der Waals surface area contributed by atoms with E-state index in [1.54, 1.807) is 42.1 Å². The number of nitrogens with zero attached hydrogens (tertiary/aromatic N) is 2. The van der Waals surface area contributed by atoms with Crippen LogP contribution in [0.25, 0.3) is 10.6 Å². The molecular formula is C17H14ClN3O2S. The van der Waals surface area contributed by atoms with Crippen LogP contribution < -0.4 is 5.32 Å². The SMILES string of the molecule is CC(=O)c1ccc(NC(=O)c2cc(-c3ccc(Cl)s3)n(C)n2)cc1. The van der Waals surface area contributed by atoms with Crippen LogP contribution in [0.1, 0.15) is 27.8 Å². The summed E-state index contributed by atoms with van der Waals surface area (Å²) in [5, 5.41) is 7.03. The summed E-state index contributed by atoms with van der Waals surface area (Å²) < 4.78 is 2.33. The highest BCUT2D eigenvalue weighted by Crippen LogP contribution is 2.31. The quantitative estimate of drug-likeness (QED) is 0.708. The van der Waals surface area contributed by atoms with Gasteiger partial charge in [-0.2, -0.15) is 5.10 Å². The fraction of sp³-hybridized carbons (Fsp3) is 0.118. The first kappa shape index (κ1) is 16.4. The predicted molar refractivity (Wildman–Crippen MR) is 95.9 cm³/mol. The summed E-state index contributed by atoms with van der Waals surface area (Å²) in [6.45, 7) is 1.50. The van der Waals surface area contributed by atoms with Crippen molar-refractivity contribution in [2.45, 2.75) is 6.92 Å². The smallest absolute Gasteiger partial charge is 0.276 e. The molecular weight excluding hydrogens is 346 g/mol. The topological polar surface area (TPSA) is 64.0 Å². The molecule has 0 radical (unpaired) electrons. The Morgan fingerprint density at radius 1 is 1.17 bits per heavy atom. The third-order valence-corrected chi connectivity index (χ3v) is 4.74. The summed E-state index contributed by atoms with van der Waals surface area (Å²) in [5.74, 6) is -0.327. The predicted octanol–water partition coefficient (Wildman–Crippen LogP) is 4.26. The molecule has 3 aromatic rings. The van der Waals surface area contributed by atoms with Crippen LogP contribution in [0, 0.1) is 0 Å². The fourth-order valence-corrected chi connectivity index (χ4v) is 3.33. The van der Waals surface area contributed by atoms with Crippen LogP contribution in [-0.2, 0) is 7.05 Å². The largest absolute Gasteiger partial charge is 0.321 e. The number of carbonyl (C=O) groups excluding carboxylic acids is 2. The zero-order valence-electron chi connectivity index (χ0n) is 13.0. The van der Waals surface area contributed by atoms with Crippen LogP contribution >= 0.6 is 22.9 Å². The molecule has 3 rings (SSSR count). The molecule has 0 saturated heterocycles. The Kier molecular flexibility index (Phi) is 4.51. The van der Waals surface area contributed by atoms with Crippen molar-refractivity contribution in [3.8, 4) is 10.6 Å². The Hall–Kier alpha value is -2.44. The second kappa shape index (κ2) is 6.59. The van der Waals surface area contributed by atoms with Gasteiger partial charge in [0.1, 0.15) is 0 Å². The van der Waals surface area contributed by atoms with Gasteiger partial charge in [-0.05, 0) is 49.4 Å². The number of anilines is 1. The van der Waals surface area contributed by atoms with E-state index in [0.29, 0.717) is 21.3 Å². The second-order valence-corrected chi connectivity index (χ2v) is 6.94. The summed E-state index contributed by atoms with van der Waals surface area (Å²) in [6, 6.07) is 12.2. The van der Waals surface area contributed by atoms with Gasteiger partial charge in [0.25, 0.3) is 5.91 Å². The number of aryl methyl sites for hydroxylation is 1. The van der Waals surface area contributed by atoms with Gasteiger partial charge in [-0.3, -0.25) is 14.3 Å². The monoisotopic (exact) mass is 359 g/mol. The van der Waals surface area contributed by atoms with Crippen LogP contribution in [0.4, 0.5) is 5.69 Å². The maximum absolute atomic E-state index is 12.4. The summed E-state index contributed by atoms with van der Waals surface area (Å²) in [7, 11) is 1.78. The van der Waals surface area contributed by atoms with Gasteiger partial charge in [-0.25, -0.2) is 0 Å². The molecule has 24 heavy (non-hydrogen) atoms. The molecule has 0 saturated carbocycles. The van der Waals surface area contributed by atoms with Gasteiger partial charge in [-0.1, -0.05) is 11.6 Å². The first-order chi connectivity index (χ1) is 11.4. The molecule has 0 aliphatic carbocycles. The molecule has 5 nitrogen and oxygen atoms in total. The van der Waals surface area contributed by atoms with Gasteiger partial charge in [0.15, 0.2) is 11.5 Å². The van der Waals surface area contributed by atoms with Crippen molar-refractivity contribution < 1.29 is 9.59 Å². The number of hydrogen-bond acceptors (Lipinski definition) is 4. The van der Waals surface area contributed by atoms with Gasteiger partial charge in [0.2, 0.25) is 0 Å². The Balaban J connectivity index is 1.79. The van der Waals surface area contributed by atoms with Crippen molar-refractivity contribution in [1.82, 2.24) is 9.78 Å². The van der Waals surface area contributed by atoms with Gasteiger partial charge >= 0.3 is 0 Å². The van der Waals surface area contributed by atoms with E-state index in [2.05, 4.69) is 10.4 Å². The number of hydrogen-bond donors (Lipinski definition) is 1. The Morgan fingerprint density at radius 2 is 1.88 bits per heavy atom. The van der Waals surface area contributed by atoms with Crippen LogP contribution in [0.15, 0.2) is 42.5 Å². The van der Waals surface area contributed by atoms with Crippen LogP contribution in [0.5, 0.6) is 0 Å². The Morgan fingerprint density at radius 3 is 2.46 bits per heavy atom. The minimum absolute atomic E-state index is 0.0168. The highest BCUT2D eigenvalue weighted by atomic mass is 35.5. The number of benzene rings is 1. The average molecular weight is 360 g/mol. The molecule has 0 aliphatic rings. The number of thiophene rings is 1. The minimum Gasteiger partial charge on any atom is -0.321 e. The molecule has 0 bridgehead atoms. The molecule has 122 valence electrons. The number of rotatable bonds is 4. The van der Waals surface area contributed by atoms with Crippen molar-refractivity contribution in [3.63, 3.8) is 0 Å². The van der Waals surface area contributed by atoms with Crippen LogP contribution in [0.2, 0.25) is 4.34 Å². The molecule has 1 amide bonds.